The number of amides is 1. The van der Waals surface area contributed by atoms with Crippen LogP contribution in [0.5, 0.6) is 11.5 Å². The molecule has 0 aliphatic rings. The monoisotopic (exact) mass is 324 g/mol. The lowest BCUT2D eigenvalue weighted by Gasteiger charge is -2.23. The van der Waals surface area contributed by atoms with Gasteiger partial charge >= 0.3 is 0 Å². The first-order valence-corrected chi connectivity index (χ1v) is 7.56. The summed E-state index contributed by atoms with van der Waals surface area (Å²) in [4.78, 5) is 12.0. The fourth-order valence-electron chi connectivity index (χ4n) is 2.20. The van der Waals surface area contributed by atoms with Gasteiger partial charge in [-0.25, -0.2) is 0 Å². The van der Waals surface area contributed by atoms with Crippen LogP contribution in [0, 0.1) is 11.3 Å². The molecule has 0 aliphatic carbocycles. The summed E-state index contributed by atoms with van der Waals surface area (Å²) in [5, 5.41) is 21.0. The van der Waals surface area contributed by atoms with Gasteiger partial charge in [-0.1, -0.05) is 20.8 Å². The van der Waals surface area contributed by atoms with E-state index < -0.39 is 0 Å². The maximum atomic E-state index is 12.0. The summed E-state index contributed by atoms with van der Waals surface area (Å²) in [6.45, 7) is 5.92. The molecule has 5 heteroatoms. The molecule has 0 spiro atoms. The number of nitrogens with zero attached hydrogens (tertiary/aromatic N) is 1. The maximum Gasteiger partial charge on any atom is 0.262 e. The van der Waals surface area contributed by atoms with Crippen molar-refractivity contribution in [2.24, 2.45) is 0 Å². The Morgan fingerprint density at radius 1 is 1.21 bits per heavy atom. The summed E-state index contributed by atoms with van der Waals surface area (Å²) in [5.41, 5.74) is 1.80. The van der Waals surface area contributed by atoms with E-state index in [0.717, 1.165) is 5.56 Å². The Kier molecular flexibility index (Phi) is 5.10. The smallest absolute Gasteiger partial charge is 0.262 e. The highest BCUT2D eigenvalue weighted by Gasteiger charge is 2.20. The number of phenolic OH excluding ortho intramolecular Hbond substituents is 1. The van der Waals surface area contributed by atoms with Crippen LogP contribution < -0.4 is 10.1 Å². The zero-order valence-corrected chi connectivity index (χ0v) is 14.0. The molecule has 24 heavy (non-hydrogen) atoms. The Balaban J connectivity index is 2.07. The van der Waals surface area contributed by atoms with E-state index in [1.165, 1.54) is 12.1 Å². The minimum Gasteiger partial charge on any atom is -0.508 e. The van der Waals surface area contributed by atoms with Gasteiger partial charge in [-0.05, 0) is 47.9 Å². The van der Waals surface area contributed by atoms with E-state index in [1.807, 2.05) is 20.8 Å². The topological polar surface area (TPSA) is 82.3 Å². The average Bonchev–Trinajstić information content (AvgIpc) is 2.54. The normalized spacial score (nSPS) is 10.8. The molecule has 0 saturated carbocycles. The van der Waals surface area contributed by atoms with Gasteiger partial charge in [0.25, 0.3) is 5.91 Å². The van der Waals surface area contributed by atoms with Crippen LogP contribution in [0.25, 0.3) is 0 Å². The number of nitrogens with one attached hydrogen (secondary N) is 1. The highest BCUT2D eigenvalue weighted by atomic mass is 16.5. The Hall–Kier alpha value is -3.00. The third-order valence-electron chi connectivity index (χ3n) is 3.43. The van der Waals surface area contributed by atoms with Gasteiger partial charge in [-0.15, -0.1) is 0 Å². The van der Waals surface area contributed by atoms with E-state index in [-0.39, 0.29) is 23.7 Å². The van der Waals surface area contributed by atoms with Crippen LogP contribution in [0.3, 0.4) is 0 Å². The molecule has 0 atom stereocenters. The van der Waals surface area contributed by atoms with E-state index in [2.05, 4.69) is 11.4 Å². The number of carbonyl (C=O) groups excluding carboxylic acids is 1. The van der Waals surface area contributed by atoms with Crippen molar-refractivity contribution in [3.05, 3.63) is 53.6 Å². The van der Waals surface area contributed by atoms with Crippen LogP contribution >= 0.6 is 0 Å². The van der Waals surface area contributed by atoms with Gasteiger partial charge in [-0.2, -0.15) is 5.26 Å². The van der Waals surface area contributed by atoms with Crippen LogP contribution in [0.2, 0.25) is 0 Å². The number of hydrogen-bond acceptors (Lipinski definition) is 4. The van der Waals surface area contributed by atoms with Gasteiger partial charge in [0.2, 0.25) is 0 Å². The molecule has 124 valence electrons. The third-order valence-corrected chi connectivity index (χ3v) is 3.43. The SMILES string of the molecule is CC(C)(C)c1cc(C#N)ccc1OCC(=O)Nc1ccc(O)cc1. The number of aromatic hydroxyl groups is 1. The molecule has 2 aromatic carbocycles. The van der Waals surface area contributed by atoms with Crippen molar-refractivity contribution in [2.45, 2.75) is 26.2 Å². The van der Waals surface area contributed by atoms with E-state index in [0.29, 0.717) is 17.0 Å². The molecule has 5 nitrogen and oxygen atoms in total. The Bertz CT molecular complexity index is 769. The molecule has 2 N–H and O–H groups in total. The van der Waals surface area contributed by atoms with Crippen molar-refractivity contribution in [3.63, 3.8) is 0 Å². The summed E-state index contributed by atoms with van der Waals surface area (Å²) >= 11 is 0. The zero-order valence-electron chi connectivity index (χ0n) is 14.0. The molecule has 1 amide bonds. The molecular weight excluding hydrogens is 304 g/mol. The largest absolute Gasteiger partial charge is 0.508 e. The number of ether oxygens (including phenoxy) is 1. The molecular formula is C19H20N2O3. The molecule has 2 rings (SSSR count). The van der Waals surface area contributed by atoms with Crippen LogP contribution in [-0.2, 0) is 10.2 Å². The standard InChI is InChI=1S/C19H20N2O3/c1-19(2,3)16-10-13(11-20)4-9-17(16)24-12-18(23)21-14-5-7-15(22)8-6-14/h4-10,22H,12H2,1-3H3,(H,21,23). The number of anilines is 1. The Morgan fingerprint density at radius 3 is 2.46 bits per heavy atom. The maximum absolute atomic E-state index is 12.0. The van der Waals surface area contributed by atoms with Crippen molar-refractivity contribution in [1.82, 2.24) is 0 Å². The highest BCUT2D eigenvalue weighted by Crippen LogP contribution is 2.32. The van der Waals surface area contributed by atoms with Crippen LogP contribution in [0.1, 0.15) is 31.9 Å². The molecule has 0 radical (unpaired) electrons. The van der Waals surface area contributed by atoms with Gasteiger partial charge in [-0.3, -0.25) is 4.79 Å². The second kappa shape index (κ2) is 7.05. The molecule has 2 aromatic rings. The third kappa shape index (κ3) is 4.50. The fourth-order valence-corrected chi connectivity index (χ4v) is 2.20. The molecule has 0 fully saturated rings. The second-order valence-corrected chi connectivity index (χ2v) is 6.46. The number of rotatable bonds is 4. The molecule has 0 aliphatic heterocycles. The van der Waals surface area contributed by atoms with Crippen molar-refractivity contribution >= 4 is 11.6 Å². The predicted molar refractivity (Wildman–Crippen MR) is 92.1 cm³/mol. The summed E-state index contributed by atoms with van der Waals surface area (Å²) in [6.07, 6.45) is 0. The minimum absolute atomic E-state index is 0.136. The predicted octanol–water partition coefficient (Wildman–Crippen LogP) is 3.58. The first-order valence-electron chi connectivity index (χ1n) is 7.56. The lowest BCUT2D eigenvalue weighted by atomic mass is 9.85. The first-order chi connectivity index (χ1) is 11.3. The quantitative estimate of drug-likeness (QED) is 0.842. The van der Waals surface area contributed by atoms with E-state index in [1.54, 1.807) is 30.3 Å². The van der Waals surface area contributed by atoms with Crippen LogP contribution in [0.15, 0.2) is 42.5 Å². The number of benzene rings is 2. The lowest BCUT2D eigenvalue weighted by Crippen LogP contribution is -2.22. The Labute approximate surface area is 141 Å². The van der Waals surface area contributed by atoms with Gasteiger partial charge in [0.1, 0.15) is 11.5 Å². The van der Waals surface area contributed by atoms with E-state index in [4.69, 9.17) is 10.00 Å². The number of carbonyl (C=O) groups is 1. The van der Waals surface area contributed by atoms with Gasteiger partial charge in [0.15, 0.2) is 6.61 Å². The van der Waals surface area contributed by atoms with Gasteiger partial charge < -0.3 is 15.2 Å². The number of hydrogen-bond donors (Lipinski definition) is 2. The average molecular weight is 324 g/mol. The summed E-state index contributed by atoms with van der Waals surface area (Å²) in [6, 6.07) is 13.5. The highest BCUT2D eigenvalue weighted by molar-refractivity contribution is 5.91. The summed E-state index contributed by atoms with van der Waals surface area (Å²) in [5.74, 6) is 0.420. The van der Waals surface area contributed by atoms with Gasteiger partial charge in [0, 0.05) is 11.3 Å². The fraction of sp³-hybridized carbons (Fsp3) is 0.263. The molecule has 0 unspecified atom stereocenters. The molecule has 0 saturated heterocycles. The minimum atomic E-state index is -0.301. The number of phenols is 1. The lowest BCUT2D eigenvalue weighted by molar-refractivity contribution is -0.118. The zero-order chi connectivity index (χ0) is 17.7. The van der Waals surface area contributed by atoms with Crippen molar-refractivity contribution in [3.8, 4) is 17.6 Å². The van der Waals surface area contributed by atoms with Crippen molar-refractivity contribution in [2.75, 3.05) is 11.9 Å². The van der Waals surface area contributed by atoms with Gasteiger partial charge in [0.05, 0.1) is 11.6 Å². The Morgan fingerprint density at radius 2 is 1.88 bits per heavy atom. The van der Waals surface area contributed by atoms with E-state index in [9.17, 15) is 9.90 Å². The van der Waals surface area contributed by atoms with Crippen molar-refractivity contribution in [1.29, 1.82) is 5.26 Å². The number of nitriles is 1. The van der Waals surface area contributed by atoms with E-state index >= 15 is 0 Å². The summed E-state index contributed by atoms with van der Waals surface area (Å²) in [7, 11) is 0. The van der Waals surface area contributed by atoms with Crippen molar-refractivity contribution < 1.29 is 14.6 Å². The van der Waals surface area contributed by atoms with Crippen LogP contribution in [0.4, 0.5) is 5.69 Å². The molecule has 0 heterocycles. The second-order valence-electron chi connectivity index (χ2n) is 6.46. The molecule has 0 aromatic heterocycles. The summed E-state index contributed by atoms with van der Waals surface area (Å²) < 4.78 is 5.65. The first kappa shape index (κ1) is 17.4. The molecule has 0 bridgehead atoms. The van der Waals surface area contributed by atoms with Crippen LogP contribution in [-0.4, -0.2) is 17.6 Å².